The van der Waals surface area contributed by atoms with Crippen molar-refractivity contribution in [2.45, 2.75) is 103 Å². The number of Topliss-reactive ketones (excluding diaryl/α,β-unsaturated/α-hetero) is 2. The van der Waals surface area contributed by atoms with E-state index in [2.05, 4.69) is 0 Å². The van der Waals surface area contributed by atoms with Gasteiger partial charge in [0.2, 0.25) is 0 Å². The Morgan fingerprint density at radius 2 is 1.89 bits per heavy atom. The summed E-state index contributed by atoms with van der Waals surface area (Å²) in [7, 11) is 0. The van der Waals surface area contributed by atoms with Crippen LogP contribution in [0.1, 0.15) is 79.4 Å². The predicted octanol–water partition coefficient (Wildman–Crippen LogP) is 3.43. The lowest BCUT2D eigenvalue weighted by Gasteiger charge is -2.58. The monoisotopic (exact) mass is 530 g/mol. The van der Waals surface area contributed by atoms with Crippen molar-refractivity contribution in [3.63, 3.8) is 0 Å². The number of ether oxygens (including phenoxy) is 3. The molecule has 9 heteroatoms. The fourth-order valence-electron chi connectivity index (χ4n) is 7.64. The maximum Gasteiger partial charge on any atom is 0.303 e. The minimum Gasteiger partial charge on any atom is -0.472 e. The summed E-state index contributed by atoms with van der Waals surface area (Å²) >= 11 is 0. The summed E-state index contributed by atoms with van der Waals surface area (Å²) in [6, 6.07) is 1.70. The lowest BCUT2D eigenvalue weighted by molar-refractivity contribution is -0.293. The van der Waals surface area contributed by atoms with Crippen LogP contribution in [0, 0.1) is 22.7 Å². The number of esters is 1. The maximum absolute atomic E-state index is 14.0. The molecule has 1 spiro atoms. The highest BCUT2D eigenvalue weighted by molar-refractivity contribution is 6.05. The number of fused-ring (bicyclic) bond motifs is 5. The molecule has 0 amide bonds. The maximum atomic E-state index is 14.0. The van der Waals surface area contributed by atoms with Crippen LogP contribution in [0.4, 0.5) is 0 Å². The van der Waals surface area contributed by atoms with Crippen LogP contribution < -0.4 is 0 Å². The zero-order chi connectivity index (χ0) is 28.1. The molecule has 2 bridgehead atoms. The first kappa shape index (κ1) is 27.2. The standard InChI is InChI=1S/C29H38O9/c1-15(2)27-13-19-26(7,22(36-17(4)30)18-9-11-35-14-18)10-8-20(31)28(19,34)24(37-27)29(38-27)21(32)16(3)12-25(5,6)23(29)33/h9,11-12,14-15,19,22-24,33-34H,8,10,13H2,1-7H3. The Hall–Kier alpha value is -2.33. The van der Waals surface area contributed by atoms with Crippen LogP contribution in [-0.4, -0.2) is 56.9 Å². The Morgan fingerprint density at radius 1 is 1.21 bits per heavy atom. The van der Waals surface area contributed by atoms with Crippen LogP contribution in [0.5, 0.6) is 0 Å². The Labute approximate surface area is 222 Å². The number of carbonyl (C=O) groups is 3. The molecule has 9 nitrogen and oxygen atoms in total. The molecular weight excluding hydrogens is 492 g/mol. The van der Waals surface area contributed by atoms with Crippen LogP contribution in [0.3, 0.4) is 0 Å². The van der Waals surface area contributed by atoms with Gasteiger partial charge in [-0.3, -0.25) is 14.4 Å². The van der Waals surface area contributed by atoms with Crippen LogP contribution in [0.2, 0.25) is 0 Å². The molecule has 1 saturated carbocycles. The zero-order valence-corrected chi connectivity index (χ0v) is 23.1. The smallest absolute Gasteiger partial charge is 0.303 e. The molecule has 3 fully saturated rings. The molecule has 1 aromatic heterocycles. The third kappa shape index (κ3) is 3.34. The van der Waals surface area contributed by atoms with E-state index in [1.165, 1.54) is 19.5 Å². The van der Waals surface area contributed by atoms with Gasteiger partial charge in [0.25, 0.3) is 0 Å². The van der Waals surface area contributed by atoms with Crippen molar-refractivity contribution < 1.29 is 43.2 Å². The number of hydrogen-bond acceptors (Lipinski definition) is 9. The minimum atomic E-state index is -2.19. The number of ketones is 2. The number of furan rings is 1. The van der Waals surface area contributed by atoms with E-state index in [9.17, 15) is 24.6 Å². The first-order valence-corrected chi connectivity index (χ1v) is 13.3. The van der Waals surface area contributed by atoms with Gasteiger partial charge in [0.15, 0.2) is 28.6 Å². The van der Waals surface area contributed by atoms with E-state index in [0.717, 1.165) is 0 Å². The first-order chi connectivity index (χ1) is 17.6. The van der Waals surface area contributed by atoms with E-state index < -0.39 is 69.6 Å². The SMILES string of the molecule is CC(=O)OC(c1ccoc1)C1(C)CCC(=O)C2(O)C1CC1(C(C)C)OC2C2(O1)C(=O)C(C)=CC(C)(C)C2O. The summed E-state index contributed by atoms with van der Waals surface area (Å²) in [4.78, 5) is 40.0. The summed E-state index contributed by atoms with van der Waals surface area (Å²) in [5.41, 5.74) is -5.07. The van der Waals surface area contributed by atoms with Gasteiger partial charge in [-0.05, 0) is 25.0 Å². The van der Waals surface area contributed by atoms with Gasteiger partial charge in [0, 0.05) is 48.0 Å². The molecule has 2 aliphatic carbocycles. The highest BCUT2D eigenvalue weighted by Crippen LogP contribution is 2.66. The van der Waals surface area contributed by atoms with E-state index in [4.69, 9.17) is 18.6 Å². The molecule has 2 N–H and O–H groups in total. The second kappa shape index (κ2) is 8.34. The van der Waals surface area contributed by atoms with E-state index in [-0.39, 0.29) is 18.8 Å². The van der Waals surface area contributed by atoms with Crippen molar-refractivity contribution in [1.29, 1.82) is 0 Å². The van der Waals surface area contributed by atoms with Crippen LogP contribution in [0.25, 0.3) is 0 Å². The van der Waals surface area contributed by atoms with E-state index >= 15 is 0 Å². The topological polar surface area (TPSA) is 132 Å². The molecular formula is C29H38O9. The van der Waals surface area contributed by atoms with Gasteiger partial charge in [-0.15, -0.1) is 0 Å². The second-order valence-corrected chi connectivity index (χ2v) is 12.8. The van der Waals surface area contributed by atoms with Crippen LogP contribution in [-0.2, 0) is 28.6 Å². The molecule has 8 atom stereocenters. The van der Waals surface area contributed by atoms with Crippen molar-refractivity contribution in [2.75, 3.05) is 0 Å². The number of aliphatic hydroxyl groups excluding tert-OH is 1. The lowest BCUT2D eigenvalue weighted by atomic mass is 9.50. The molecule has 2 saturated heterocycles. The van der Waals surface area contributed by atoms with Gasteiger partial charge in [0.1, 0.15) is 18.3 Å². The van der Waals surface area contributed by atoms with Crippen molar-refractivity contribution in [3.8, 4) is 0 Å². The van der Waals surface area contributed by atoms with Gasteiger partial charge in [-0.2, -0.15) is 0 Å². The average molecular weight is 531 g/mol. The summed E-state index contributed by atoms with van der Waals surface area (Å²) in [5.74, 6) is -4.00. The van der Waals surface area contributed by atoms with Crippen LogP contribution in [0.15, 0.2) is 34.7 Å². The Balaban J connectivity index is 1.74. The van der Waals surface area contributed by atoms with E-state index in [1.54, 1.807) is 32.9 Å². The molecule has 38 heavy (non-hydrogen) atoms. The summed E-state index contributed by atoms with van der Waals surface area (Å²) in [6.07, 6.45) is 1.31. The summed E-state index contributed by atoms with van der Waals surface area (Å²) in [5, 5.41) is 24.3. The summed E-state index contributed by atoms with van der Waals surface area (Å²) < 4.78 is 24.3. The molecule has 2 aliphatic heterocycles. The molecule has 1 aromatic rings. The summed E-state index contributed by atoms with van der Waals surface area (Å²) in [6.45, 7) is 12.2. The Bertz CT molecular complexity index is 1200. The van der Waals surface area contributed by atoms with E-state index in [1.807, 2.05) is 20.8 Å². The molecule has 8 unspecified atom stereocenters. The normalized spacial score (nSPS) is 42.7. The fraction of sp³-hybridized carbons (Fsp3) is 0.690. The molecule has 208 valence electrons. The fourth-order valence-corrected chi connectivity index (χ4v) is 7.64. The quantitative estimate of drug-likeness (QED) is 0.562. The molecule has 5 rings (SSSR count). The number of rotatable bonds is 4. The largest absolute Gasteiger partial charge is 0.472 e. The zero-order valence-electron chi connectivity index (χ0n) is 23.1. The Kier molecular flexibility index (Phi) is 5.98. The molecule has 4 aliphatic rings. The Morgan fingerprint density at radius 3 is 2.47 bits per heavy atom. The first-order valence-electron chi connectivity index (χ1n) is 13.3. The average Bonchev–Trinajstić information content (AvgIpc) is 3.47. The predicted molar refractivity (Wildman–Crippen MR) is 133 cm³/mol. The van der Waals surface area contributed by atoms with Crippen molar-refractivity contribution in [3.05, 3.63) is 35.8 Å². The molecule has 0 radical (unpaired) electrons. The number of hydrogen-bond donors (Lipinski definition) is 2. The van der Waals surface area contributed by atoms with Gasteiger partial charge >= 0.3 is 5.97 Å². The van der Waals surface area contributed by atoms with Gasteiger partial charge in [0.05, 0.1) is 12.5 Å². The number of carbonyl (C=O) groups excluding carboxylic acids is 3. The van der Waals surface area contributed by atoms with Crippen molar-refractivity contribution in [1.82, 2.24) is 0 Å². The van der Waals surface area contributed by atoms with Crippen LogP contribution >= 0.6 is 0 Å². The highest BCUT2D eigenvalue weighted by Gasteiger charge is 2.81. The third-order valence-electron chi connectivity index (χ3n) is 9.62. The second-order valence-electron chi connectivity index (χ2n) is 12.8. The lowest BCUT2D eigenvalue weighted by Crippen LogP contribution is -2.74. The third-order valence-corrected chi connectivity index (χ3v) is 9.62. The van der Waals surface area contributed by atoms with Gasteiger partial charge in [-0.1, -0.05) is 40.7 Å². The molecule has 3 heterocycles. The number of aliphatic hydroxyl groups is 2. The van der Waals surface area contributed by atoms with Gasteiger partial charge in [-0.25, -0.2) is 0 Å². The van der Waals surface area contributed by atoms with E-state index in [0.29, 0.717) is 17.6 Å². The van der Waals surface area contributed by atoms with Crippen molar-refractivity contribution in [2.24, 2.45) is 22.7 Å². The van der Waals surface area contributed by atoms with Gasteiger partial charge < -0.3 is 28.8 Å². The molecule has 0 aromatic carbocycles. The minimum absolute atomic E-state index is 0.0355. The highest BCUT2D eigenvalue weighted by atomic mass is 16.8. The van der Waals surface area contributed by atoms with Crippen molar-refractivity contribution >= 4 is 17.5 Å².